The Labute approximate surface area is 338 Å². The number of aromatic nitrogens is 1. The molecule has 0 saturated heterocycles. The van der Waals surface area contributed by atoms with Crippen LogP contribution in [0.5, 0.6) is 0 Å². The van der Waals surface area contributed by atoms with Crippen molar-refractivity contribution in [3.8, 4) is 33.4 Å². The molecule has 57 heavy (non-hydrogen) atoms. The van der Waals surface area contributed by atoms with Crippen LogP contribution in [0.2, 0.25) is 0 Å². The highest BCUT2D eigenvalue weighted by Gasteiger charge is 2.52. The summed E-state index contributed by atoms with van der Waals surface area (Å²) in [5.41, 5.74) is 27.9. The highest BCUT2D eigenvalue weighted by Crippen LogP contribution is 2.58. The number of nitrogens with zero attached hydrogens (tertiary/aromatic N) is 2. The standard InChI is InChI=1S/C54H51BN2/c1-30-26-37-34-18-15-19-36-45-35-17-12-14-21-39(35)54(9,10)50(45)57(49(34)36)55-47(37)44(27-30)56(43-29-41-40(28-31(43)2)51(3,4)24-25-52(41,5)6)42-23-22-33-32-16-11-13-20-38(32)53(7,8)46(33)48(42)55/h11-23,26-29H,24-25H2,1-10H3. The van der Waals surface area contributed by atoms with E-state index in [1.54, 1.807) is 0 Å². The first-order chi connectivity index (χ1) is 27.1. The second-order valence-electron chi connectivity index (χ2n) is 20.5. The molecule has 0 atom stereocenters. The zero-order valence-electron chi connectivity index (χ0n) is 35.2. The summed E-state index contributed by atoms with van der Waals surface area (Å²) < 4.78 is 2.85. The fraction of sp³-hybridized carbons (Fsp3) is 0.296. The van der Waals surface area contributed by atoms with E-state index in [2.05, 4.69) is 182 Å². The van der Waals surface area contributed by atoms with E-state index in [0.717, 1.165) is 0 Å². The Kier molecular flexibility index (Phi) is 6.18. The van der Waals surface area contributed by atoms with Gasteiger partial charge < -0.3 is 9.38 Å². The molecule has 0 spiro atoms. The highest BCUT2D eigenvalue weighted by molar-refractivity contribution is 6.90. The Morgan fingerprint density at radius 3 is 1.89 bits per heavy atom. The SMILES string of the molecule is Cc1cc2c3c(c1)N(c1cc4c(cc1C)C(C)(C)CCC4(C)C)c1ccc4c(c1B3n1c3c(c5cccc-2c51)-c1ccccc1C3(C)C)C(C)(C)c1ccccc1-4. The maximum absolute atomic E-state index is 2.85. The quantitative estimate of drug-likeness (QED) is 0.152. The summed E-state index contributed by atoms with van der Waals surface area (Å²) in [6.45, 7) is 24.4. The van der Waals surface area contributed by atoms with Crippen LogP contribution in [0, 0.1) is 13.8 Å². The van der Waals surface area contributed by atoms with Gasteiger partial charge in [0.25, 0.3) is 0 Å². The third kappa shape index (κ3) is 3.94. The zero-order chi connectivity index (χ0) is 39.3. The first-order valence-electron chi connectivity index (χ1n) is 21.3. The van der Waals surface area contributed by atoms with Gasteiger partial charge in [-0.1, -0.05) is 140 Å². The Bertz CT molecular complexity index is 3000. The van der Waals surface area contributed by atoms with E-state index < -0.39 is 0 Å². The molecule has 0 radical (unpaired) electrons. The normalized spacial score (nSPS) is 18.7. The molecule has 3 heterocycles. The first kappa shape index (κ1) is 33.8. The van der Waals surface area contributed by atoms with Crippen LogP contribution < -0.4 is 15.8 Å². The van der Waals surface area contributed by atoms with Gasteiger partial charge in [-0.25, -0.2) is 0 Å². The summed E-state index contributed by atoms with van der Waals surface area (Å²) >= 11 is 0. The summed E-state index contributed by atoms with van der Waals surface area (Å²) in [6.07, 6.45) is 2.40. The minimum Gasteiger partial charge on any atom is -0.378 e. The second-order valence-corrected chi connectivity index (χ2v) is 20.5. The Morgan fingerprint density at radius 2 is 1.16 bits per heavy atom. The topological polar surface area (TPSA) is 8.17 Å². The van der Waals surface area contributed by atoms with Gasteiger partial charge >= 0.3 is 6.85 Å². The number of hydrogen-bond donors (Lipinski definition) is 0. The number of hydrogen-bond acceptors (Lipinski definition) is 1. The lowest BCUT2D eigenvalue weighted by atomic mass is 9.42. The van der Waals surface area contributed by atoms with E-state index in [-0.39, 0.29) is 28.5 Å². The van der Waals surface area contributed by atoms with E-state index in [0.29, 0.717) is 0 Å². The van der Waals surface area contributed by atoms with E-state index in [1.165, 1.54) is 130 Å². The van der Waals surface area contributed by atoms with Crippen molar-refractivity contribution in [1.29, 1.82) is 0 Å². The van der Waals surface area contributed by atoms with Gasteiger partial charge in [-0.2, -0.15) is 0 Å². The lowest BCUT2D eigenvalue weighted by molar-refractivity contribution is 0.332. The van der Waals surface area contributed by atoms with E-state index in [9.17, 15) is 0 Å². The zero-order valence-corrected chi connectivity index (χ0v) is 35.2. The molecular formula is C54H51BN2. The van der Waals surface area contributed by atoms with Crippen LogP contribution in [-0.4, -0.2) is 11.3 Å². The molecule has 0 fully saturated rings. The lowest BCUT2D eigenvalue weighted by Crippen LogP contribution is -2.59. The number of rotatable bonds is 1. The third-order valence-corrected chi connectivity index (χ3v) is 15.5. The molecule has 7 aromatic rings. The predicted octanol–water partition coefficient (Wildman–Crippen LogP) is 12.6. The molecule has 0 amide bonds. The predicted molar refractivity (Wildman–Crippen MR) is 242 cm³/mol. The number of aryl methyl sites for hydroxylation is 2. The van der Waals surface area contributed by atoms with Crippen LogP contribution in [0.3, 0.4) is 0 Å². The van der Waals surface area contributed by atoms with Gasteiger partial charge in [0.2, 0.25) is 0 Å². The van der Waals surface area contributed by atoms with Crippen molar-refractivity contribution in [2.45, 2.75) is 104 Å². The molecule has 2 aliphatic heterocycles. The minimum atomic E-state index is -0.187. The molecule has 0 unspecified atom stereocenters. The molecule has 1 aromatic heterocycles. The van der Waals surface area contributed by atoms with Crippen molar-refractivity contribution in [2.24, 2.45) is 0 Å². The van der Waals surface area contributed by atoms with Gasteiger partial charge in [0.1, 0.15) is 0 Å². The van der Waals surface area contributed by atoms with Crippen LogP contribution in [-0.2, 0) is 21.7 Å². The van der Waals surface area contributed by atoms with Crippen molar-refractivity contribution in [1.82, 2.24) is 4.48 Å². The third-order valence-electron chi connectivity index (χ3n) is 15.5. The Hall–Kier alpha value is -5.28. The monoisotopic (exact) mass is 738 g/mol. The molecular weight excluding hydrogens is 687 g/mol. The van der Waals surface area contributed by atoms with Gasteiger partial charge in [0.15, 0.2) is 0 Å². The van der Waals surface area contributed by atoms with Crippen molar-refractivity contribution >= 4 is 45.7 Å². The van der Waals surface area contributed by atoms with Crippen LogP contribution in [0.15, 0.2) is 103 Å². The maximum atomic E-state index is 2.85. The van der Waals surface area contributed by atoms with Crippen molar-refractivity contribution in [2.75, 3.05) is 4.90 Å². The fourth-order valence-corrected chi connectivity index (χ4v) is 12.7. The molecule has 0 bridgehead atoms. The van der Waals surface area contributed by atoms with Crippen molar-refractivity contribution in [3.63, 3.8) is 0 Å². The molecule has 6 aromatic carbocycles. The van der Waals surface area contributed by atoms with Gasteiger partial charge in [-0.15, -0.1) is 0 Å². The van der Waals surface area contributed by atoms with Crippen molar-refractivity contribution < 1.29 is 0 Å². The van der Waals surface area contributed by atoms with Crippen LogP contribution in [0.25, 0.3) is 44.3 Å². The minimum absolute atomic E-state index is 0.00781. The first-order valence-corrected chi connectivity index (χ1v) is 21.3. The van der Waals surface area contributed by atoms with Gasteiger partial charge in [-0.05, 0) is 128 Å². The molecule has 3 aliphatic carbocycles. The molecule has 280 valence electrons. The number of fused-ring (bicyclic) bond motifs is 14. The van der Waals surface area contributed by atoms with Gasteiger partial charge in [-0.3, -0.25) is 0 Å². The smallest absolute Gasteiger partial charge is 0.333 e. The lowest BCUT2D eigenvalue weighted by Gasteiger charge is -2.46. The van der Waals surface area contributed by atoms with Gasteiger partial charge in [0, 0.05) is 55.6 Å². The molecule has 0 saturated carbocycles. The van der Waals surface area contributed by atoms with E-state index in [4.69, 9.17) is 0 Å². The number of benzene rings is 6. The summed E-state index contributed by atoms with van der Waals surface area (Å²) in [5.74, 6) is 0. The second kappa shape index (κ2) is 10.4. The number of para-hydroxylation sites is 1. The molecule has 3 heteroatoms. The molecule has 2 nitrogen and oxygen atoms in total. The van der Waals surface area contributed by atoms with E-state index in [1.807, 2.05) is 0 Å². The van der Waals surface area contributed by atoms with Gasteiger partial charge in [0.05, 0.1) is 0 Å². The highest BCUT2D eigenvalue weighted by atomic mass is 15.2. The number of anilines is 3. The van der Waals surface area contributed by atoms with E-state index >= 15 is 0 Å². The molecule has 5 aliphatic rings. The molecule has 0 N–H and O–H groups in total. The summed E-state index contributed by atoms with van der Waals surface area (Å²) in [7, 11) is 0. The summed E-state index contributed by atoms with van der Waals surface area (Å²) in [4.78, 5) is 2.71. The van der Waals surface area contributed by atoms with Crippen LogP contribution >= 0.6 is 0 Å². The maximum Gasteiger partial charge on any atom is 0.333 e. The fourth-order valence-electron chi connectivity index (χ4n) is 12.7. The summed E-state index contributed by atoms with van der Waals surface area (Å²) in [6, 6.07) is 40.7. The average Bonchev–Trinajstić information content (AvgIpc) is 3.74. The average molecular weight is 739 g/mol. The van der Waals surface area contributed by atoms with Crippen LogP contribution in [0.1, 0.15) is 113 Å². The Morgan fingerprint density at radius 1 is 0.509 bits per heavy atom. The Balaban J connectivity index is 1.26. The largest absolute Gasteiger partial charge is 0.378 e. The summed E-state index contributed by atoms with van der Waals surface area (Å²) in [5, 5.41) is 1.38. The van der Waals surface area contributed by atoms with Crippen LogP contribution in [0.4, 0.5) is 17.1 Å². The molecule has 12 rings (SSSR count). The van der Waals surface area contributed by atoms with Crippen molar-refractivity contribution in [3.05, 3.63) is 148 Å².